The Bertz CT molecular complexity index is 1090. The molecule has 1 saturated heterocycles. The van der Waals surface area contributed by atoms with Crippen molar-refractivity contribution in [1.82, 2.24) is 0 Å². The van der Waals surface area contributed by atoms with E-state index in [0.29, 0.717) is 21.5 Å². The Kier molecular flexibility index (Phi) is 6.40. The van der Waals surface area contributed by atoms with Gasteiger partial charge < -0.3 is 4.74 Å². The first-order chi connectivity index (χ1) is 13.8. The van der Waals surface area contributed by atoms with Crippen molar-refractivity contribution in [3.05, 3.63) is 58.6 Å². The molecule has 0 radical (unpaired) electrons. The molecule has 0 amide bonds. The molecule has 2 aromatic rings. The fourth-order valence-corrected chi connectivity index (χ4v) is 6.45. The molecule has 0 aromatic heterocycles. The minimum Gasteiger partial charge on any atom is -0.373 e. The molecule has 1 aliphatic heterocycles. The summed E-state index contributed by atoms with van der Waals surface area (Å²) in [6.45, 7) is 1.61. The molecule has 3 atom stereocenters. The SMILES string of the molecule is CS(=O)c1cc(Cl)ccc1C1CC(C)(S(=O)(=O)c2cccc(C(F)(F)F)c2)CCO1. The molecule has 1 heterocycles. The molecule has 0 spiro atoms. The number of sulfone groups is 1. The number of ether oxygens (including phenoxy) is 1. The summed E-state index contributed by atoms with van der Waals surface area (Å²) in [5.41, 5.74) is -0.456. The fourth-order valence-electron chi connectivity index (χ4n) is 3.56. The minimum absolute atomic E-state index is 0.0113. The average Bonchev–Trinajstić information content (AvgIpc) is 2.67. The number of halogens is 4. The van der Waals surface area contributed by atoms with Crippen molar-refractivity contribution >= 4 is 32.2 Å². The van der Waals surface area contributed by atoms with Gasteiger partial charge in [-0.15, -0.1) is 0 Å². The lowest BCUT2D eigenvalue weighted by Gasteiger charge is -2.38. The van der Waals surface area contributed by atoms with Crippen LogP contribution in [0.25, 0.3) is 0 Å². The molecule has 0 N–H and O–H groups in total. The predicted molar refractivity (Wildman–Crippen MR) is 109 cm³/mol. The van der Waals surface area contributed by atoms with E-state index < -0.39 is 43.2 Å². The first-order valence-corrected chi connectivity index (χ1v) is 12.4. The van der Waals surface area contributed by atoms with Crippen molar-refractivity contribution in [2.45, 2.75) is 46.6 Å². The summed E-state index contributed by atoms with van der Waals surface area (Å²) < 4.78 is 82.5. The van der Waals surface area contributed by atoms with Crippen molar-refractivity contribution in [1.29, 1.82) is 0 Å². The second-order valence-corrected chi connectivity index (χ2v) is 11.7. The van der Waals surface area contributed by atoms with Crippen molar-refractivity contribution < 1.29 is 30.5 Å². The zero-order valence-electron chi connectivity index (χ0n) is 16.2. The highest BCUT2D eigenvalue weighted by atomic mass is 35.5. The molecule has 10 heteroatoms. The van der Waals surface area contributed by atoms with Gasteiger partial charge in [0.25, 0.3) is 0 Å². The number of hydrogen-bond donors (Lipinski definition) is 0. The lowest BCUT2D eigenvalue weighted by molar-refractivity contribution is -0.137. The molecule has 0 saturated carbocycles. The van der Waals surface area contributed by atoms with Gasteiger partial charge in [-0.3, -0.25) is 4.21 Å². The summed E-state index contributed by atoms with van der Waals surface area (Å²) in [6, 6.07) is 8.56. The standard InChI is InChI=1S/C20H20ClF3O4S2/c1-19(30(26,27)15-5-3-4-13(10-15)20(22,23)24)8-9-28-17(12-19)16-7-6-14(21)11-18(16)29(2)25/h3-7,10-11,17H,8-9,12H2,1-2H3. The van der Waals surface area contributed by atoms with Gasteiger partial charge in [0.15, 0.2) is 9.84 Å². The smallest absolute Gasteiger partial charge is 0.373 e. The van der Waals surface area contributed by atoms with E-state index in [1.807, 2.05) is 0 Å². The molecule has 3 rings (SSSR count). The zero-order valence-corrected chi connectivity index (χ0v) is 18.6. The fraction of sp³-hybridized carbons (Fsp3) is 0.400. The van der Waals surface area contributed by atoms with E-state index in [1.165, 1.54) is 19.2 Å². The zero-order chi connectivity index (χ0) is 22.3. The third-order valence-corrected chi connectivity index (χ3v) is 9.07. The second-order valence-electron chi connectivity index (χ2n) is 7.43. The van der Waals surface area contributed by atoms with Gasteiger partial charge in [-0.25, -0.2) is 8.42 Å². The maximum Gasteiger partial charge on any atom is 0.416 e. The molecule has 2 aromatic carbocycles. The first kappa shape index (κ1) is 23.2. The van der Waals surface area contributed by atoms with Crippen LogP contribution in [0.3, 0.4) is 0 Å². The Labute approximate surface area is 180 Å². The lowest BCUT2D eigenvalue weighted by Crippen LogP contribution is -2.42. The Hall–Kier alpha value is -1.42. The minimum atomic E-state index is -4.64. The highest BCUT2D eigenvalue weighted by molar-refractivity contribution is 7.92. The molecule has 30 heavy (non-hydrogen) atoms. The molecule has 1 aliphatic rings. The Morgan fingerprint density at radius 1 is 1.20 bits per heavy atom. The van der Waals surface area contributed by atoms with E-state index in [9.17, 15) is 25.8 Å². The average molecular weight is 481 g/mol. The molecule has 1 fully saturated rings. The number of hydrogen-bond acceptors (Lipinski definition) is 4. The quantitative estimate of drug-likeness (QED) is 0.605. The maximum absolute atomic E-state index is 13.3. The summed E-state index contributed by atoms with van der Waals surface area (Å²) in [6.07, 6.45) is -3.71. The van der Waals surface area contributed by atoms with Crippen LogP contribution in [0.4, 0.5) is 13.2 Å². The van der Waals surface area contributed by atoms with Crippen LogP contribution in [0.1, 0.15) is 37.0 Å². The maximum atomic E-state index is 13.3. The van der Waals surface area contributed by atoms with Gasteiger partial charge in [-0.2, -0.15) is 13.2 Å². The summed E-state index contributed by atoms with van der Waals surface area (Å²) in [5.74, 6) is 0. The Balaban J connectivity index is 2.00. The monoisotopic (exact) mass is 480 g/mol. The molecule has 0 bridgehead atoms. The van der Waals surface area contributed by atoms with E-state index in [0.717, 1.165) is 12.1 Å². The van der Waals surface area contributed by atoms with Crippen LogP contribution < -0.4 is 0 Å². The Morgan fingerprint density at radius 2 is 1.90 bits per heavy atom. The predicted octanol–water partition coefficient (Wildman–Crippen LogP) is 5.18. The van der Waals surface area contributed by atoms with Crippen molar-refractivity contribution in [3.8, 4) is 0 Å². The van der Waals surface area contributed by atoms with E-state index in [2.05, 4.69) is 0 Å². The van der Waals surface area contributed by atoms with Crippen LogP contribution in [0.2, 0.25) is 5.02 Å². The van der Waals surface area contributed by atoms with Gasteiger partial charge in [-0.05, 0) is 55.7 Å². The molecular formula is C20H20ClF3O4S2. The van der Waals surface area contributed by atoms with Crippen molar-refractivity contribution in [3.63, 3.8) is 0 Å². The topological polar surface area (TPSA) is 60.4 Å². The number of alkyl halides is 3. The summed E-state index contributed by atoms with van der Waals surface area (Å²) in [5, 5.41) is 0.388. The third-order valence-electron chi connectivity index (χ3n) is 5.32. The molecule has 164 valence electrons. The van der Waals surface area contributed by atoms with Crippen molar-refractivity contribution in [2.75, 3.05) is 12.9 Å². The van der Waals surface area contributed by atoms with Gasteiger partial charge in [0, 0.05) is 22.8 Å². The van der Waals surface area contributed by atoms with Gasteiger partial charge in [0.05, 0.1) is 32.1 Å². The van der Waals surface area contributed by atoms with E-state index >= 15 is 0 Å². The van der Waals surface area contributed by atoms with E-state index in [4.69, 9.17) is 16.3 Å². The lowest BCUT2D eigenvalue weighted by atomic mass is 9.92. The first-order valence-electron chi connectivity index (χ1n) is 9.01. The van der Waals surface area contributed by atoms with Crippen LogP contribution in [0, 0.1) is 0 Å². The van der Waals surface area contributed by atoms with Crippen LogP contribution in [-0.4, -0.2) is 30.2 Å². The highest BCUT2D eigenvalue weighted by Crippen LogP contribution is 2.44. The Morgan fingerprint density at radius 3 is 2.53 bits per heavy atom. The van der Waals surface area contributed by atoms with Crippen molar-refractivity contribution in [2.24, 2.45) is 0 Å². The van der Waals surface area contributed by atoms with Crippen LogP contribution >= 0.6 is 11.6 Å². The van der Waals surface area contributed by atoms with E-state index in [-0.39, 0.29) is 24.3 Å². The largest absolute Gasteiger partial charge is 0.416 e. The van der Waals surface area contributed by atoms with Gasteiger partial charge in [0.2, 0.25) is 0 Å². The van der Waals surface area contributed by atoms with E-state index in [1.54, 1.807) is 18.2 Å². The third kappa shape index (κ3) is 4.44. The summed E-state index contributed by atoms with van der Waals surface area (Å²) in [7, 11) is -5.49. The second kappa shape index (κ2) is 8.26. The molecule has 0 aliphatic carbocycles. The number of rotatable bonds is 4. The molecule has 3 unspecified atom stereocenters. The van der Waals surface area contributed by atoms with Gasteiger partial charge in [-0.1, -0.05) is 23.7 Å². The van der Waals surface area contributed by atoms with Crippen LogP contribution in [-0.2, 0) is 31.5 Å². The van der Waals surface area contributed by atoms with Gasteiger partial charge >= 0.3 is 6.18 Å². The normalized spacial score (nSPS) is 23.9. The van der Waals surface area contributed by atoms with Crippen LogP contribution in [0.15, 0.2) is 52.3 Å². The van der Waals surface area contributed by atoms with Crippen LogP contribution in [0.5, 0.6) is 0 Å². The molecular weight excluding hydrogens is 461 g/mol. The van der Waals surface area contributed by atoms with Gasteiger partial charge in [0.1, 0.15) is 0 Å². The molecule has 4 nitrogen and oxygen atoms in total. The number of benzene rings is 2. The highest BCUT2D eigenvalue weighted by Gasteiger charge is 2.46. The summed E-state index contributed by atoms with van der Waals surface area (Å²) in [4.78, 5) is 0.0593. The summed E-state index contributed by atoms with van der Waals surface area (Å²) >= 11 is 6.00.